The number of likely N-dealkylation sites (tertiary alicyclic amines) is 1. The number of rotatable bonds is 5. The number of nitrogens with zero attached hydrogens (tertiary/aromatic N) is 1. The van der Waals surface area contributed by atoms with Crippen LogP contribution in [0.2, 0.25) is 0 Å². The number of ether oxygens (including phenoxy) is 1. The zero-order valence-electron chi connectivity index (χ0n) is 12.4. The van der Waals surface area contributed by atoms with Crippen molar-refractivity contribution in [1.82, 2.24) is 4.90 Å². The molecule has 110 valence electrons. The van der Waals surface area contributed by atoms with Gasteiger partial charge in [-0.15, -0.1) is 0 Å². The van der Waals surface area contributed by atoms with E-state index in [0.29, 0.717) is 11.0 Å². The average molecular weight is 292 g/mol. The Hall–Kier alpha value is -1.13. The molecule has 1 aromatic carbocycles. The van der Waals surface area contributed by atoms with Crippen LogP contribution in [0.1, 0.15) is 43.7 Å². The van der Waals surface area contributed by atoms with E-state index in [9.17, 15) is 0 Å². The number of methoxy groups -OCH3 is 1. The molecule has 20 heavy (non-hydrogen) atoms. The monoisotopic (exact) mass is 292 g/mol. The molecular weight excluding hydrogens is 268 g/mol. The summed E-state index contributed by atoms with van der Waals surface area (Å²) in [6.07, 6.45) is 5.19. The third-order valence-electron chi connectivity index (χ3n) is 4.14. The van der Waals surface area contributed by atoms with E-state index in [2.05, 4.69) is 24.0 Å². The van der Waals surface area contributed by atoms with Gasteiger partial charge in [0.25, 0.3) is 0 Å². The van der Waals surface area contributed by atoms with E-state index in [1.807, 2.05) is 6.07 Å². The lowest BCUT2D eigenvalue weighted by atomic mass is 9.99. The number of benzene rings is 1. The van der Waals surface area contributed by atoms with Crippen LogP contribution in [0.5, 0.6) is 5.75 Å². The van der Waals surface area contributed by atoms with Gasteiger partial charge < -0.3 is 10.5 Å². The summed E-state index contributed by atoms with van der Waals surface area (Å²) < 4.78 is 5.31. The molecule has 1 saturated heterocycles. The molecule has 1 aliphatic heterocycles. The summed E-state index contributed by atoms with van der Waals surface area (Å²) >= 11 is 5.11. The lowest BCUT2D eigenvalue weighted by Gasteiger charge is -2.35. The van der Waals surface area contributed by atoms with Crippen LogP contribution in [-0.4, -0.2) is 29.6 Å². The van der Waals surface area contributed by atoms with Gasteiger partial charge in [-0.25, -0.2) is 0 Å². The van der Waals surface area contributed by atoms with Gasteiger partial charge in [0.15, 0.2) is 0 Å². The third kappa shape index (κ3) is 3.49. The Morgan fingerprint density at radius 2 is 2.25 bits per heavy atom. The number of hydrogen-bond acceptors (Lipinski definition) is 3. The molecule has 0 radical (unpaired) electrons. The molecule has 1 aliphatic rings. The fourth-order valence-corrected chi connectivity index (χ4v) is 3.17. The van der Waals surface area contributed by atoms with Gasteiger partial charge in [0.1, 0.15) is 10.7 Å². The van der Waals surface area contributed by atoms with Crippen molar-refractivity contribution in [2.75, 3.05) is 13.7 Å². The highest BCUT2D eigenvalue weighted by Crippen LogP contribution is 2.24. The third-order valence-corrected chi connectivity index (χ3v) is 4.36. The van der Waals surface area contributed by atoms with Gasteiger partial charge in [0.05, 0.1) is 12.7 Å². The second-order valence-corrected chi connectivity index (χ2v) is 5.87. The quantitative estimate of drug-likeness (QED) is 0.846. The first-order chi connectivity index (χ1) is 9.65. The highest BCUT2D eigenvalue weighted by atomic mass is 32.1. The largest absolute Gasteiger partial charge is 0.496 e. The molecule has 4 heteroatoms. The van der Waals surface area contributed by atoms with Crippen molar-refractivity contribution in [3.8, 4) is 5.75 Å². The van der Waals surface area contributed by atoms with Crippen LogP contribution in [-0.2, 0) is 6.54 Å². The highest BCUT2D eigenvalue weighted by Gasteiger charge is 2.21. The molecule has 3 nitrogen and oxygen atoms in total. The second-order valence-electron chi connectivity index (χ2n) is 5.43. The van der Waals surface area contributed by atoms with Crippen LogP contribution in [0, 0.1) is 0 Å². The van der Waals surface area contributed by atoms with Crippen molar-refractivity contribution in [3.05, 3.63) is 29.3 Å². The number of nitrogens with two attached hydrogens (primary N) is 1. The van der Waals surface area contributed by atoms with Crippen LogP contribution in [0.3, 0.4) is 0 Å². The SMILES string of the molecule is CCC1CCCCN1Cc1ccc(OC)c(C(N)=S)c1. The molecule has 0 aromatic heterocycles. The molecule has 0 amide bonds. The zero-order valence-corrected chi connectivity index (χ0v) is 13.2. The van der Waals surface area contributed by atoms with E-state index < -0.39 is 0 Å². The molecule has 1 aromatic rings. The minimum absolute atomic E-state index is 0.398. The maximum absolute atomic E-state index is 5.78. The predicted molar refractivity (Wildman–Crippen MR) is 87.2 cm³/mol. The van der Waals surface area contributed by atoms with Crippen LogP contribution in [0.4, 0.5) is 0 Å². The van der Waals surface area contributed by atoms with Gasteiger partial charge >= 0.3 is 0 Å². The van der Waals surface area contributed by atoms with Crippen molar-refractivity contribution in [2.45, 2.75) is 45.2 Å². The smallest absolute Gasteiger partial charge is 0.129 e. The predicted octanol–water partition coefficient (Wildman–Crippen LogP) is 3.09. The second kappa shape index (κ2) is 7.04. The number of thiocarbonyl (C=S) groups is 1. The minimum atomic E-state index is 0.398. The van der Waals surface area contributed by atoms with Gasteiger partial charge in [-0.2, -0.15) is 0 Å². The first kappa shape index (κ1) is 15.3. The summed E-state index contributed by atoms with van der Waals surface area (Å²) in [5.41, 5.74) is 7.88. The Labute approximate surface area is 127 Å². The Morgan fingerprint density at radius 3 is 2.90 bits per heavy atom. The molecule has 0 aliphatic carbocycles. The molecule has 1 unspecified atom stereocenters. The Morgan fingerprint density at radius 1 is 1.45 bits per heavy atom. The van der Waals surface area contributed by atoms with Crippen LogP contribution < -0.4 is 10.5 Å². The maximum atomic E-state index is 5.78. The van der Waals surface area contributed by atoms with E-state index in [4.69, 9.17) is 22.7 Å². The fourth-order valence-electron chi connectivity index (χ4n) is 3.01. The summed E-state index contributed by atoms with van der Waals surface area (Å²) in [4.78, 5) is 2.98. The summed E-state index contributed by atoms with van der Waals surface area (Å²) in [6, 6.07) is 6.86. The molecule has 1 heterocycles. The van der Waals surface area contributed by atoms with Gasteiger partial charge in [0.2, 0.25) is 0 Å². The lowest BCUT2D eigenvalue weighted by molar-refractivity contribution is 0.136. The van der Waals surface area contributed by atoms with Crippen LogP contribution >= 0.6 is 12.2 Å². The van der Waals surface area contributed by atoms with E-state index >= 15 is 0 Å². The molecule has 2 rings (SSSR count). The topological polar surface area (TPSA) is 38.5 Å². The lowest BCUT2D eigenvalue weighted by Crippen LogP contribution is -2.38. The maximum Gasteiger partial charge on any atom is 0.129 e. The Balaban J connectivity index is 2.16. The van der Waals surface area contributed by atoms with Crippen LogP contribution in [0.15, 0.2) is 18.2 Å². The first-order valence-corrected chi connectivity index (χ1v) is 7.77. The standard InChI is InChI=1S/C16H24N2OS/c1-3-13-6-4-5-9-18(13)11-12-7-8-15(19-2)14(10-12)16(17)20/h7-8,10,13H,3-6,9,11H2,1-2H3,(H2,17,20). The highest BCUT2D eigenvalue weighted by molar-refractivity contribution is 7.80. The first-order valence-electron chi connectivity index (χ1n) is 7.36. The van der Waals surface area contributed by atoms with Gasteiger partial charge in [-0.1, -0.05) is 31.6 Å². The summed E-state index contributed by atoms with van der Waals surface area (Å²) in [7, 11) is 1.65. The van der Waals surface area contributed by atoms with E-state index in [1.54, 1.807) is 7.11 Å². The van der Waals surface area contributed by atoms with Crippen molar-refractivity contribution >= 4 is 17.2 Å². The average Bonchev–Trinajstić information content (AvgIpc) is 2.47. The fraction of sp³-hybridized carbons (Fsp3) is 0.562. The Kier molecular flexibility index (Phi) is 5.38. The minimum Gasteiger partial charge on any atom is -0.496 e. The Bertz CT molecular complexity index is 476. The van der Waals surface area contributed by atoms with Crippen molar-refractivity contribution in [2.24, 2.45) is 5.73 Å². The van der Waals surface area contributed by atoms with Gasteiger partial charge in [-0.05, 0) is 43.5 Å². The molecule has 0 bridgehead atoms. The summed E-state index contributed by atoms with van der Waals surface area (Å²) in [5, 5.41) is 0. The summed E-state index contributed by atoms with van der Waals surface area (Å²) in [6.45, 7) is 4.43. The molecular formula is C16H24N2OS. The van der Waals surface area contributed by atoms with E-state index in [0.717, 1.165) is 17.9 Å². The van der Waals surface area contributed by atoms with Crippen molar-refractivity contribution < 1.29 is 4.74 Å². The normalized spacial score (nSPS) is 19.8. The molecule has 2 N–H and O–H groups in total. The van der Waals surface area contributed by atoms with Gasteiger partial charge in [-0.3, -0.25) is 4.90 Å². The number of hydrogen-bond donors (Lipinski definition) is 1. The molecule has 1 fully saturated rings. The van der Waals surface area contributed by atoms with Crippen LogP contribution in [0.25, 0.3) is 0 Å². The molecule has 1 atom stereocenters. The van der Waals surface area contributed by atoms with Gasteiger partial charge in [0, 0.05) is 12.6 Å². The summed E-state index contributed by atoms with van der Waals surface area (Å²) in [5.74, 6) is 0.756. The molecule has 0 spiro atoms. The van der Waals surface area contributed by atoms with E-state index in [1.165, 1.54) is 37.8 Å². The molecule has 0 saturated carbocycles. The number of piperidine rings is 1. The van der Waals surface area contributed by atoms with Crippen molar-refractivity contribution in [1.29, 1.82) is 0 Å². The zero-order chi connectivity index (χ0) is 14.5. The van der Waals surface area contributed by atoms with Crippen molar-refractivity contribution in [3.63, 3.8) is 0 Å². The van der Waals surface area contributed by atoms with E-state index in [-0.39, 0.29) is 0 Å².